The third-order valence-corrected chi connectivity index (χ3v) is 4.98. The molecule has 0 fully saturated rings. The van der Waals surface area contributed by atoms with Crippen molar-refractivity contribution in [3.8, 4) is 0 Å². The van der Waals surface area contributed by atoms with Crippen LogP contribution in [0.5, 0.6) is 0 Å². The van der Waals surface area contributed by atoms with Crippen LogP contribution in [-0.2, 0) is 20.9 Å². The number of ether oxygens (including phenoxy) is 2. The van der Waals surface area contributed by atoms with Gasteiger partial charge in [0, 0.05) is 6.61 Å². The molecule has 0 heterocycles. The summed E-state index contributed by atoms with van der Waals surface area (Å²) in [5, 5.41) is 0. The number of allylic oxidation sites excluding steroid dienone is 2. The van der Waals surface area contributed by atoms with E-state index in [1.165, 1.54) is 24.0 Å². The number of carbonyl (C=O) groups excluding carboxylic acids is 1. The van der Waals surface area contributed by atoms with Crippen LogP contribution in [0.3, 0.4) is 0 Å². The van der Waals surface area contributed by atoms with Crippen molar-refractivity contribution in [2.75, 3.05) is 13.2 Å². The second-order valence-corrected chi connectivity index (χ2v) is 6.82. The van der Waals surface area contributed by atoms with Gasteiger partial charge in [-0.1, -0.05) is 55.3 Å². The van der Waals surface area contributed by atoms with Crippen molar-refractivity contribution in [2.45, 2.75) is 59.0 Å². The van der Waals surface area contributed by atoms with E-state index >= 15 is 0 Å². The number of rotatable bonds is 11. The standard InChI is InChI=1S/C22H32O3/c1-3-5-11-19-12-13-20(21(19)16-22(23)25-4-2)14-15-24-17-18-9-7-6-8-10-18/h6-10,12,20-21H,3-5,11,13-17H2,1-2H3. The maximum atomic E-state index is 12.0. The first-order valence-corrected chi connectivity index (χ1v) is 9.70. The molecule has 0 aromatic heterocycles. The van der Waals surface area contributed by atoms with E-state index < -0.39 is 0 Å². The van der Waals surface area contributed by atoms with E-state index in [9.17, 15) is 4.79 Å². The summed E-state index contributed by atoms with van der Waals surface area (Å²) in [4.78, 5) is 12.0. The molecule has 3 heteroatoms. The molecule has 1 aliphatic rings. The van der Waals surface area contributed by atoms with Gasteiger partial charge in [0.1, 0.15) is 0 Å². The number of hydrogen-bond acceptors (Lipinski definition) is 3. The molecule has 0 radical (unpaired) electrons. The Hall–Kier alpha value is -1.61. The second kappa shape index (κ2) is 11.1. The molecule has 1 aromatic carbocycles. The van der Waals surface area contributed by atoms with Crippen LogP contribution in [0.4, 0.5) is 0 Å². The van der Waals surface area contributed by atoms with Crippen LogP contribution < -0.4 is 0 Å². The van der Waals surface area contributed by atoms with Gasteiger partial charge in [0.25, 0.3) is 0 Å². The molecule has 25 heavy (non-hydrogen) atoms. The zero-order valence-electron chi connectivity index (χ0n) is 15.7. The Labute approximate surface area is 152 Å². The van der Waals surface area contributed by atoms with Crippen molar-refractivity contribution >= 4 is 5.97 Å². The normalized spacial score (nSPS) is 19.7. The minimum Gasteiger partial charge on any atom is -0.466 e. The van der Waals surface area contributed by atoms with Crippen molar-refractivity contribution < 1.29 is 14.3 Å². The molecule has 0 N–H and O–H groups in total. The van der Waals surface area contributed by atoms with E-state index in [1.807, 2.05) is 25.1 Å². The molecule has 2 unspecified atom stereocenters. The summed E-state index contributed by atoms with van der Waals surface area (Å²) in [6.07, 6.45) is 8.45. The number of unbranched alkanes of at least 4 members (excludes halogenated alkanes) is 1. The lowest BCUT2D eigenvalue weighted by Gasteiger charge is -2.22. The van der Waals surface area contributed by atoms with Gasteiger partial charge in [-0.15, -0.1) is 0 Å². The van der Waals surface area contributed by atoms with E-state index in [1.54, 1.807) is 0 Å². The lowest BCUT2D eigenvalue weighted by Crippen LogP contribution is -2.19. The van der Waals surface area contributed by atoms with Crippen molar-refractivity contribution in [1.82, 2.24) is 0 Å². The molecule has 0 saturated carbocycles. The van der Waals surface area contributed by atoms with E-state index in [-0.39, 0.29) is 5.97 Å². The van der Waals surface area contributed by atoms with Crippen LogP contribution in [0.15, 0.2) is 42.0 Å². The van der Waals surface area contributed by atoms with Gasteiger partial charge in [0.2, 0.25) is 0 Å². The number of hydrogen-bond donors (Lipinski definition) is 0. The zero-order valence-corrected chi connectivity index (χ0v) is 15.7. The Morgan fingerprint density at radius 3 is 2.72 bits per heavy atom. The summed E-state index contributed by atoms with van der Waals surface area (Å²) in [5.41, 5.74) is 2.67. The fraction of sp³-hybridized carbons (Fsp3) is 0.591. The summed E-state index contributed by atoms with van der Waals surface area (Å²) in [6, 6.07) is 10.3. The highest BCUT2D eigenvalue weighted by atomic mass is 16.5. The first-order chi connectivity index (χ1) is 12.2. The van der Waals surface area contributed by atoms with E-state index in [2.05, 4.69) is 25.1 Å². The van der Waals surface area contributed by atoms with Gasteiger partial charge in [0.05, 0.1) is 19.6 Å². The summed E-state index contributed by atoms with van der Waals surface area (Å²) >= 11 is 0. The number of benzene rings is 1. The molecule has 2 rings (SSSR count). The number of esters is 1. The Morgan fingerprint density at radius 2 is 2.00 bits per heavy atom. The fourth-order valence-electron chi connectivity index (χ4n) is 3.60. The largest absolute Gasteiger partial charge is 0.466 e. The summed E-state index contributed by atoms with van der Waals surface area (Å²) < 4.78 is 11.1. The minimum absolute atomic E-state index is 0.0630. The third-order valence-electron chi connectivity index (χ3n) is 4.98. The Kier molecular flexibility index (Phi) is 8.75. The topological polar surface area (TPSA) is 35.5 Å². The maximum absolute atomic E-state index is 12.0. The van der Waals surface area contributed by atoms with Crippen molar-refractivity contribution in [1.29, 1.82) is 0 Å². The number of carbonyl (C=O) groups is 1. The highest BCUT2D eigenvalue weighted by molar-refractivity contribution is 5.70. The molecule has 0 spiro atoms. The van der Waals surface area contributed by atoms with E-state index in [4.69, 9.17) is 9.47 Å². The molecule has 138 valence electrons. The predicted molar refractivity (Wildman–Crippen MR) is 101 cm³/mol. The fourth-order valence-corrected chi connectivity index (χ4v) is 3.60. The molecule has 0 bridgehead atoms. The highest BCUT2D eigenvalue weighted by Gasteiger charge is 2.31. The molecule has 3 nitrogen and oxygen atoms in total. The van der Waals surface area contributed by atoms with E-state index in [0.29, 0.717) is 31.5 Å². The minimum atomic E-state index is -0.0630. The van der Waals surface area contributed by atoms with Gasteiger partial charge in [-0.2, -0.15) is 0 Å². The molecule has 0 saturated heterocycles. The summed E-state index contributed by atoms with van der Waals surface area (Å²) in [7, 11) is 0. The van der Waals surface area contributed by atoms with Gasteiger partial charge < -0.3 is 9.47 Å². The van der Waals surface area contributed by atoms with Crippen LogP contribution in [0.1, 0.15) is 57.9 Å². The van der Waals surface area contributed by atoms with Crippen LogP contribution in [0, 0.1) is 11.8 Å². The molecule has 0 amide bonds. The maximum Gasteiger partial charge on any atom is 0.306 e. The molecule has 0 aliphatic heterocycles. The average Bonchev–Trinajstić information content (AvgIpc) is 2.99. The van der Waals surface area contributed by atoms with Crippen molar-refractivity contribution in [2.24, 2.45) is 11.8 Å². The third kappa shape index (κ3) is 6.66. The quantitative estimate of drug-likeness (QED) is 0.310. The van der Waals surface area contributed by atoms with Gasteiger partial charge in [-0.3, -0.25) is 4.79 Å². The molecule has 1 aliphatic carbocycles. The van der Waals surface area contributed by atoms with Crippen molar-refractivity contribution in [3.05, 3.63) is 47.5 Å². The lowest BCUT2D eigenvalue weighted by molar-refractivity contribution is -0.144. The molecular formula is C22H32O3. The van der Waals surface area contributed by atoms with Crippen molar-refractivity contribution in [3.63, 3.8) is 0 Å². The van der Waals surface area contributed by atoms with E-state index in [0.717, 1.165) is 25.9 Å². The van der Waals surface area contributed by atoms with Crippen LogP contribution in [0.25, 0.3) is 0 Å². The van der Waals surface area contributed by atoms with Gasteiger partial charge in [0.15, 0.2) is 0 Å². The summed E-state index contributed by atoms with van der Waals surface area (Å²) in [6.45, 7) is 5.95. The first kappa shape index (κ1) is 19.7. The van der Waals surface area contributed by atoms with Gasteiger partial charge in [-0.25, -0.2) is 0 Å². The zero-order chi connectivity index (χ0) is 17.9. The van der Waals surface area contributed by atoms with Crippen LogP contribution in [-0.4, -0.2) is 19.2 Å². The van der Waals surface area contributed by atoms with Gasteiger partial charge in [-0.05, 0) is 50.0 Å². The molecular weight excluding hydrogens is 312 g/mol. The Balaban J connectivity index is 1.81. The van der Waals surface area contributed by atoms with Crippen LogP contribution >= 0.6 is 0 Å². The highest BCUT2D eigenvalue weighted by Crippen LogP contribution is 2.39. The second-order valence-electron chi connectivity index (χ2n) is 6.82. The van der Waals surface area contributed by atoms with Crippen LogP contribution in [0.2, 0.25) is 0 Å². The first-order valence-electron chi connectivity index (χ1n) is 9.70. The monoisotopic (exact) mass is 344 g/mol. The average molecular weight is 344 g/mol. The molecule has 1 aromatic rings. The smallest absolute Gasteiger partial charge is 0.306 e. The lowest BCUT2D eigenvalue weighted by atomic mass is 9.84. The predicted octanol–water partition coefficient (Wildman–Crippen LogP) is 5.30. The Morgan fingerprint density at radius 1 is 1.20 bits per heavy atom. The summed E-state index contributed by atoms with van der Waals surface area (Å²) in [5.74, 6) is 0.782. The van der Waals surface area contributed by atoms with Gasteiger partial charge >= 0.3 is 5.97 Å². The Bertz CT molecular complexity index is 535. The molecule has 2 atom stereocenters. The SMILES string of the molecule is CCCCC1=CCC(CCOCc2ccccc2)C1CC(=O)OCC.